The van der Waals surface area contributed by atoms with Crippen molar-refractivity contribution in [1.29, 1.82) is 0 Å². The standard InChI is InChI=1S/C15H12N2O2/c1-19-15(18)13-6-2-4-11-7-9-17(14(11)13)12-5-3-8-16-10-12/h2-10H,1H3. The van der Waals surface area contributed by atoms with Crippen molar-refractivity contribution in [3.05, 3.63) is 60.6 Å². The molecular weight excluding hydrogens is 240 g/mol. The Labute approximate surface area is 110 Å². The van der Waals surface area contributed by atoms with Crippen LogP contribution in [0.3, 0.4) is 0 Å². The highest BCUT2D eigenvalue weighted by Crippen LogP contribution is 2.24. The second-order valence-electron chi connectivity index (χ2n) is 4.13. The smallest absolute Gasteiger partial charge is 0.340 e. The van der Waals surface area contributed by atoms with Gasteiger partial charge < -0.3 is 9.30 Å². The summed E-state index contributed by atoms with van der Waals surface area (Å²) in [5.74, 6) is -0.338. The van der Waals surface area contributed by atoms with Gasteiger partial charge >= 0.3 is 5.97 Å². The molecule has 0 N–H and O–H groups in total. The molecule has 0 aliphatic carbocycles. The van der Waals surface area contributed by atoms with E-state index in [4.69, 9.17) is 4.74 Å². The van der Waals surface area contributed by atoms with Gasteiger partial charge in [-0.25, -0.2) is 4.79 Å². The maximum Gasteiger partial charge on any atom is 0.340 e. The first-order valence-corrected chi connectivity index (χ1v) is 5.90. The summed E-state index contributed by atoms with van der Waals surface area (Å²) in [5.41, 5.74) is 2.30. The zero-order valence-corrected chi connectivity index (χ0v) is 10.4. The fourth-order valence-electron chi connectivity index (χ4n) is 2.18. The minimum atomic E-state index is -0.338. The number of ether oxygens (including phenoxy) is 1. The fraction of sp³-hybridized carbons (Fsp3) is 0.0667. The van der Waals surface area contributed by atoms with Gasteiger partial charge in [-0.3, -0.25) is 4.98 Å². The summed E-state index contributed by atoms with van der Waals surface area (Å²) in [5, 5.41) is 0.992. The highest BCUT2D eigenvalue weighted by atomic mass is 16.5. The van der Waals surface area contributed by atoms with E-state index in [1.807, 2.05) is 41.1 Å². The normalized spacial score (nSPS) is 10.6. The molecule has 94 valence electrons. The lowest BCUT2D eigenvalue weighted by molar-refractivity contribution is 0.0602. The van der Waals surface area contributed by atoms with Crippen LogP contribution in [-0.2, 0) is 4.74 Å². The molecule has 3 aromatic rings. The van der Waals surface area contributed by atoms with Gasteiger partial charge in [-0.1, -0.05) is 12.1 Å². The molecule has 3 rings (SSSR count). The Morgan fingerprint density at radius 1 is 1.21 bits per heavy atom. The third kappa shape index (κ3) is 1.87. The highest BCUT2D eigenvalue weighted by molar-refractivity contribution is 6.03. The van der Waals surface area contributed by atoms with Crippen LogP contribution < -0.4 is 0 Å². The van der Waals surface area contributed by atoms with Crippen molar-refractivity contribution in [2.24, 2.45) is 0 Å². The average Bonchev–Trinajstić information content (AvgIpc) is 2.91. The first-order chi connectivity index (χ1) is 9.31. The number of methoxy groups -OCH3 is 1. The van der Waals surface area contributed by atoms with Gasteiger partial charge in [0.15, 0.2) is 0 Å². The molecule has 2 heterocycles. The molecule has 0 unspecified atom stereocenters. The molecule has 0 atom stereocenters. The minimum Gasteiger partial charge on any atom is -0.465 e. The molecule has 0 bridgehead atoms. The van der Waals surface area contributed by atoms with Gasteiger partial charge in [-0.05, 0) is 24.3 Å². The molecule has 4 heteroatoms. The third-order valence-electron chi connectivity index (χ3n) is 3.04. The van der Waals surface area contributed by atoms with E-state index in [-0.39, 0.29) is 5.97 Å². The molecule has 0 saturated carbocycles. The van der Waals surface area contributed by atoms with E-state index in [9.17, 15) is 4.79 Å². The van der Waals surface area contributed by atoms with Gasteiger partial charge in [0.05, 0.1) is 30.1 Å². The van der Waals surface area contributed by atoms with Crippen LogP contribution in [0.4, 0.5) is 0 Å². The zero-order chi connectivity index (χ0) is 13.2. The van der Waals surface area contributed by atoms with Gasteiger partial charge in [-0.15, -0.1) is 0 Å². The van der Waals surface area contributed by atoms with Crippen molar-refractivity contribution < 1.29 is 9.53 Å². The summed E-state index contributed by atoms with van der Waals surface area (Å²) in [4.78, 5) is 16.0. The number of para-hydroxylation sites is 1. The summed E-state index contributed by atoms with van der Waals surface area (Å²) in [6, 6.07) is 11.4. The van der Waals surface area contributed by atoms with Gasteiger partial charge in [0.25, 0.3) is 0 Å². The maximum atomic E-state index is 11.9. The van der Waals surface area contributed by atoms with Gasteiger partial charge in [-0.2, -0.15) is 0 Å². The average molecular weight is 252 g/mol. The van der Waals surface area contributed by atoms with Crippen molar-refractivity contribution in [3.8, 4) is 5.69 Å². The topological polar surface area (TPSA) is 44.1 Å². The molecule has 0 spiro atoms. The number of pyridine rings is 1. The number of carbonyl (C=O) groups excluding carboxylic acids is 1. The Kier molecular flexibility index (Phi) is 2.76. The van der Waals surface area contributed by atoms with Crippen molar-refractivity contribution in [3.63, 3.8) is 0 Å². The maximum absolute atomic E-state index is 11.9. The van der Waals surface area contributed by atoms with Crippen LogP contribution in [0.2, 0.25) is 0 Å². The lowest BCUT2D eigenvalue weighted by atomic mass is 10.1. The summed E-state index contributed by atoms with van der Waals surface area (Å²) < 4.78 is 6.78. The molecule has 0 aliphatic rings. The molecule has 0 radical (unpaired) electrons. The van der Waals surface area contributed by atoms with Crippen LogP contribution in [0, 0.1) is 0 Å². The fourth-order valence-corrected chi connectivity index (χ4v) is 2.18. The Hall–Kier alpha value is -2.62. The first-order valence-electron chi connectivity index (χ1n) is 5.90. The summed E-state index contributed by atoms with van der Waals surface area (Å²) in [6.45, 7) is 0. The number of hydrogen-bond acceptors (Lipinski definition) is 3. The second kappa shape index (κ2) is 4.57. The molecule has 4 nitrogen and oxygen atoms in total. The van der Waals surface area contributed by atoms with Crippen LogP contribution in [0.1, 0.15) is 10.4 Å². The molecule has 0 saturated heterocycles. The molecule has 2 aromatic heterocycles. The number of esters is 1. The van der Waals surface area contributed by atoms with E-state index >= 15 is 0 Å². The lowest BCUT2D eigenvalue weighted by Gasteiger charge is -2.08. The van der Waals surface area contributed by atoms with Gasteiger partial charge in [0.1, 0.15) is 0 Å². The number of rotatable bonds is 2. The Morgan fingerprint density at radius 2 is 2.11 bits per heavy atom. The van der Waals surface area contributed by atoms with E-state index < -0.39 is 0 Å². The molecule has 0 aliphatic heterocycles. The van der Waals surface area contributed by atoms with E-state index in [1.54, 1.807) is 18.5 Å². The van der Waals surface area contributed by atoms with E-state index in [2.05, 4.69) is 4.98 Å². The lowest BCUT2D eigenvalue weighted by Crippen LogP contribution is -2.04. The number of carbonyl (C=O) groups is 1. The second-order valence-corrected chi connectivity index (χ2v) is 4.13. The van der Waals surface area contributed by atoms with Crippen LogP contribution in [0.15, 0.2) is 55.0 Å². The molecule has 1 aromatic carbocycles. The summed E-state index contributed by atoms with van der Waals surface area (Å²) in [7, 11) is 1.39. The first kappa shape index (κ1) is 11.5. The molecular formula is C15H12N2O2. The minimum absolute atomic E-state index is 0.338. The Morgan fingerprint density at radius 3 is 2.84 bits per heavy atom. The largest absolute Gasteiger partial charge is 0.465 e. The molecule has 0 fully saturated rings. The number of hydrogen-bond donors (Lipinski definition) is 0. The number of fused-ring (bicyclic) bond motifs is 1. The predicted molar refractivity (Wildman–Crippen MR) is 72.4 cm³/mol. The van der Waals surface area contributed by atoms with E-state index in [0.29, 0.717) is 5.56 Å². The quantitative estimate of drug-likeness (QED) is 0.659. The van der Waals surface area contributed by atoms with Gasteiger partial charge in [0, 0.05) is 17.8 Å². The summed E-state index contributed by atoms with van der Waals surface area (Å²) >= 11 is 0. The number of aromatic nitrogens is 2. The van der Waals surface area contributed by atoms with Crippen molar-refractivity contribution in [2.75, 3.05) is 7.11 Å². The van der Waals surface area contributed by atoms with Crippen LogP contribution >= 0.6 is 0 Å². The highest BCUT2D eigenvalue weighted by Gasteiger charge is 2.14. The third-order valence-corrected chi connectivity index (χ3v) is 3.04. The predicted octanol–water partition coefficient (Wildman–Crippen LogP) is 2.81. The van der Waals surface area contributed by atoms with E-state index in [1.165, 1.54) is 7.11 Å². The van der Waals surface area contributed by atoms with Crippen molar-refractivity contribution in [2.45, 2.75) is 0 Å². The Bertz CT molecular complexity index is 732. The zero-order valence-electron chi connectivity index (χ0n) is 10.4. The molecule has 19 heavy (non-hydrogen) atoms. The SMILES string of the molecule is COC(=O)c1cccc2ccn(-c3cccnc3)c12. The van der Waals surface area contributed by atoms with Crippen LogP contribution in [0.25, 0.3) is 16.6 Å². The molecule has 0 amide bonds. The van der Waals surface area contributed by atoms with Crippen molar-refractivity contribution >= 4 is 16.9 Å². The van der Waals surface area contributed by atoms with Crippen LogP contribution in [0.5, 0.6) is 0 Å². The number of benzene rings is 1. The van der Waals surface area contributed by atoms with Gasteiger partial charge in [0.2, 0.25) is 0 Å². The van der Waals surface area contributed by atoms with Crippen LogP contribution in [-0.4, -0.2) is 22.6 Å². The van der Waals surface area contributed by atoms with Crippen molar-refractivity contribution in [1.82, 2.24) is 9.55 Å². The monoisotopic (exact) mass is 252 g/mol. The number of nitrogens with zero attached hydrogens (tertiary/aromatic N) is 2. The van der Waals surface area contributed by atoms with E-state index in [0.717, 1.165) is 16.6 Å². The Balaban J connectivity index is 2.30. The summed E-state index contributed by atoms with van der Waals surface area (Å²) in [6.07, 6.45) is 5.40.